The molecule has 1 aromatic carbocycles. The molecule has 0 unspecified atom stereocenters. The van der Waals surface area contributed by atoms with Crippen LogP contribution in [0, 0.1) is 11.8 Å². The molecule has 25 heavy (non-hydrogen) atoms. The highest BCUT2D eigenvalue weighted by Gasteiger charge is 2.32. The van der Waals surface area contributed by atoms with Gasteiger partial charge in [0, 0.05) is 19.6 Å². The summed E-state index contributed by atoms with van der Waals surface area (Å²) in [6.07, 6.45) is 2.54. The van der Waals surface area contributed by atoms with E-state index < -0.39 is 20.0 Å². The molecule has 2 atom stereocenters. The Morgan fingerprint density at radius 2 is 1.60 bits per heavy atom. The van der Waals surface area contributed by atoms with Crippen molar-refractivity contribution in [2.45, 2.75) is 38.0 Å². The molecular formula is C17H26N2O4S2. The second-order valence-electron chi connectivity index (χ2n) is 7.36. The van der Waals surface area contributed by atoms with E-state index in [9.17, 15) is 16.8 Å². The van der Waals surface area contributed by atoms with Gasteiger partial charge in [-0.1, -0.05) is 13.8 Å². The van der Waals surface area contributed by atoms with Crippen molar-refractivity contribution >= 4 is 25.7 Å². The topological polar surface area (TPSA) is 74.8 Å². The molecular weight excluding hydrogens is 360 g/mol. The second-order valence-corrected chi connectivity index (χ2v) is 11.3. The van der Waals surface area contributed by atoms with Crippen molar-refractivity contribution in [2.75, 3.05) is 29.7 Å². The van der Waals surface area contributed by atoms with Crippen LogP contribution in [0.1, 0.15) is 33.1 Å². The van der Waals surface area contributed by atoms with E-state index in [1.54, 1.807) is 16.4 Å². The van der Waals surface area contributed by atoms with Gasteiger partial charge in [-0.3, -0.25) is 4.31 Å². The van der Waals surface area contributed by atoms with Crippen LogP contribution in [0.3, 0.4) is 0 Å². The van der Waals surface area contributed by atoms with Gasteiger partial charge in [0.2, 0.25) is 20.0 Å². The van der Waals surface area contributed by atoms with Crippen molar-refractivity contribution in [3.63, 3.8) is 0 Å². The molecule has 140 valence electrons. The third-order valence-corrected chi connectivity index (χ3v) is 8.66. The number of hydrogen-bond acceptors (Lipinski definition) is 4. The molecule has 8 heteroatoms. The monoisotopic (exact) mass is 386 g/mol. The first-order valence-corrected chi connectivity index (χ1v) is 11.9. The van der Waals surface area contributed by atoms with Crippen LogP contribution in [0.2, 0.25) is 0 Å². The minimum Gasteiger partial charge on any atom is -0.270 e. The van der Waals surface area contributed by atoms with Crippen LogP contribution in [0.15, 0.2) is 29.2 Å². The third kappa shape index (κ3) is 3.85. The highest BCUT2D eigenvalue weighted by atomic mass is 32.2. The number of sulfonamides is 2. The Balaban J connectivity index is 1.84. The average molecular weight is 387 g/mol. The Hall–Kier alpha value is -1.12. The Bertz CT molecular complexity index is 809. The summed E-state index contributed by atoms with van der Waals surface area (Å²) in [5.74, 6) is 0.837. The van der Waals surface area contributed by atoms with Crippen molar-refractivity contribution in [1.82, 2.24) is 4.31 Å². The van der Waals surface area contributed by atoms with E-state index in [2.05, 4.69) is 13.8 Å². The van der Waals surface area contributed by atoms with Gasteiger partial charge in [0.15, 0.2) is 0 Å². The van der Waals surface area contributed by atoms with Crippen LogP contribution in [0.25, 0.3) is 0 Å². The number of anilines is 1. The van der Waals surface area contributed by atoms with E-state index in [-0.39, 0.29) is 10.6 Å². The van der Waals surface area contributed by atoms with E-state index >= 15 is 0 Å². The number of rotatable bonds is 3. The summed E-state index contributed by atoms with van der Waals surface area (Å²) in [6.45, 7) is 5.67. The summed E-state index contributed by atoms with van der Waals surface area (Å²) in [7, 11) is -6.83. The summed E-state index contributed by atoms with van der Waals surface area (Å²) >= 11 is 0. The molecule has 0 N–H and O–H groups in total. The molecule has 2 fully saturated rings. The maximum atomic E-state index is 12.9. The van der Waals surface area contributed by atoms with Crippen molar-refractivity contribution in [2.24, 2.45) is 11.8 Å². The normalized spacial score (nSPS) is 28.0. The summed E-state index contributed by atoms with van der Waals surface area (Å²) in [6, 6.07) is 6.26. The molecule has 2 saturated heterocycles. The fourth-order valence-corrected chi connectivity index (χ4v) is 7.13. The van der Waals surface area contributed by atoms with Crippen LogP contribution in [-0.2, 0) is 20.0 Å². The first-order chi connectivity index (χ1) is 11.7. The van der Waals surface area contributed by atoms with Crippen LogP contribution in [0.5, 0.6) is 0 Å². The maximum Gasteiger partial charge on any atom is 0.243 e. The predicted octanol–water partition coefficient (Wildman–Crippen LogP) is 2.28. The number of benzene rings is 1. The number of nitrogens with zero attached hydrogens (tertiary/aromatic N) is 2. The van der Waals surface area contributed by atoms with Crippen LogP contribution >= 0.6 is 0 Å². The van der Waals surface area contributed by atoms with Crippen LogP contribution in [0.4, 0.5) is 5.69 Å². The zero-order valence-corrected chi connectivity index (χ0v) is 16.4. The number of hydrogen-bond donors (Lipinski definition) is 0. The Morgan fingerprint density at radius 1 is 1.00 bits per heavy atom. The van der Waals surface area contributed by atoms with Crippen molar-refractivity contribution in [1.29, 1.82) is 0 Å². The first-order valence-electron chi connectivity index (χ1n) is 8.81. The molecule has 1 aromatic rings. The third-order valence-electron chi connectivity index (χ3n) is 4.95. The van der Waals surface area contributed by atoms with Crippen molar-refractivity contribution in [3.8, 4) is 0 Å². The zero-order chi connectivity index (χ0) is 18.2. The molecule has 2 aliphatic rings. The molecule has 3 rings (SSSR count). The van der Waals surface area contributed by atoms with Gasteiger partial charge in [0.25, 0.3) is 0 Å². The van der Waals surface area contributed by atoms with Gasteiger partial charge in [-0.15, -0.1) is 0 Å². The largest absolute Gasteiger partial charge is 0.270 e. The average Bonchev–Trinajstić information content (AvgIpc) is 2.54. The Morgan fingerprint density at radius 3 is 2.16 bits per heavy atom. The molecule has 0 spiro atoms. The van der Waals surface area contributed by atoms with Crippen molar-refractivity contribution < 1.29 is 16.8 Å². The highest BCUT2D eigenvalue weighted by molar-refractivity contribution is 7.92. The molecule has 2 aliphatic heterocycles. The minimum absolute atomic E-state index is 0.149. The molecule has 2 heterocycles. The SMILES string of the molecule is C[C@@H]1C[C@@H](C)CN(S(=O)(=O)c2ccc(N3CCCCS3(=O)=O)cc2)C1. The Labute approximate surface area is 150 Å². The molecule has 0 radical (unpaired) electrons. The highest BCUT2D eigenvalue weighted by Crippen LogP contribution is 2.29. The van der Waals surface area contributed by atoms with E-state index in [1.807, 2.05) is 0 Å². The molecule has 0 aliphatic carbocycles. The van der Waals surface area contributed by atoms with Crippen molar-refractivity contribution in [3.05, 3.63) is 24.3 Å². The lowest BCUT2D eigenvalue weighted by atomic mass is 9.94. The van der Waals surface area contributed by atoms with E-state index in [1.165, 1.54) is 16.4 Å². The molecule has 0 amide bonds. The lowest BCUT2D eigenvalue weighted by Gasteiger charge is -2.34. The van der Waals surface area contributed by atoms with E-state index in [0.717, 1.165) is 12.8 Å². The standard InChI is InChI=1S/C17H26N2O4S2/c1-14-11-15(2)13-18(12-14)25(22,23)17-7-5-16(6-8-17)19-9-3-4-10-24(19,20)21/h5-8,14-15H,3-4,9-13H2,1-2H3/t14-,15-/m1/s1. The zero-order valence-electron chi connectivity index (χ0n) is 14.8. The van der Waals surface area contributed by atoms with Gasteiger partial charge < -0.3 is 0 Å². The quantitative estimate of drug-likeness (QED) is 0.799. The van der Waals surface area contributed by atoms with Gasteiger partial charge in [-0.25, -0.2) is 16.8 Å². The van der Waals surface area contributed by atoms with Gasteiger partial charge in [-0.2, -0.15) is 4.31 Å². The van der Waals surface area contributed by atoms with Gasteiger partial charge >= 0.3 is 0 Å². The van der Waals surface area contributed by atoms with Crippen LogP contribution < -0.4 is 4.31 Å². The lowest BCUT2D eigenvalue weighted by molar-refractivity contribution is 0.222. The smallest absolute Gasteiger partial charge is 0.243 e. The summed E-state index contributed by atoms with van der Waals surface area (Å²) in [5.41, 5.74) is 0.541. The van der Waals surface area contributed by atoms with Gasteiger partial charge in [0.05, 0.1) is 16.3 Å². The fourth-order valence-electron chi connectivity index (χ4n) is 3.81. The van der Waals surface area contributed by atoms with E-state index in [4.69, 9.17) is 0 Å². The minimum atomic E-state index is -3.54. The summed E-state index contributed by atoms with van der Waals surface area (Å²) in [5, 5.41) is 0. The van der Waals surface area contributed by atoms with Gasteiger partial charge in [0.1, 0.15) is 0 Å². The first kappa shape index (κ1) is 18.7. The maximum absolute atomic E-state index is 12.9. The molecule has 0 saturated carbocycles. The Kier molecular flexibility index (Phi) is 5.14. The molecule has 6 nitrogen and oxygen atoms in total. The summed E-state index contributed by atoms with van der Waals surface area (Å²) in [4.78, 5) is 0.229. The predicted molar refractivity (Wildman–Crippen MR) is 98.5 cm³/mol. The summed E-state index contributed by atoms with van der Waals surface area (Å²) < 4.78 is 53.1. The van der Waals surface area contributed by atoms with E-state index in [0.29, 0.717) is 43.6 Å². The number of piperidine rings is 1. The fraction of sp³-hybridized carbons (Fsp3) is 0.647. The van der Waals surface area contributed by atoms with Gasteiger partial charge in [-0.05, 0) is 55.4 Å². The molecule has 0 bridgehead atoms. The van der Waals surface area contributed by atoms with Crippen LogP contribution in [-0.4, -0.2) is 46.5 Å². The molecule has 0 aromatic heterocycles. The lowest BCUT2D eigenvalue weighted by Crippen LogP contribution is -2.42. The second kappa shape index (κ2) is 6.89.